The number of halogens is 2. The molecular weight excluding hydrogens is 460 g/mol. The average Bonchev–Trinajstić information content (AvgIpc) is 3.32. The van der Waals surface area contributed by atoms with Gasteiger partial charge in [-0.3, -0.25) is 0 Å². The molecule has 2 aliphatic heterocycles. The highest BCUT2D eigenvalue weighted by atomic mass is 79.9. The van der Waals surface area contributed by atoms with E-state index in [9.17, 15) is 0 Å². The van der Waals surface area contributed by atoms with Crippen molar-refractivity contribution in [1.29, 1.82) is 0 Å². The molecule has 0 radical (unpaired) electrons. The largest absolute Gasteiger partial charge is 0.464 e. The first kappa shape index (κ1) is 16.1. The van der Waals surface area contributed by atoms with E-state index in [2.05, 4.69) is 55.1 Å². The van der Waals surface area contributed by atoms with Gasteiger partial charge in [0.2, 0.25) is 6.23 Å². The SMILES string of the molecule is Brc1ccc([C@@H]2Oc3ccc(Br)cc3[C@@H]3CC(c4ccco4)=NN32)cc1. The van der Waals surface area contributed by atoms with Gasteiger partial charge in [-0.25, -0.2) is 5.01 Å². The summed E-state index contributed by atoms with van der Waals surface area (Å²) in [7, 11) is 0. The molecule has 3 aromatic rings. The summed E-state index contributed by atoms with van der Waals surface area (Å²) in [6.07, 6.45) is 2.20. The molecule has 0 N–H and O–H groups in total. The standard InChI is InChI=1S/C20H14Br2N2O2/c21-13-5-3-12(4-6-13)20-24-17(11-16(23-24)19-2-1-9-25-19)15-10-14(22)7-8-18(15)26-20/h1-10,17,20H,11H2/t17-,20-/m0/s1. The molecule has 0 spiro atoms. The summed E-state index contributed by atoms with van der Waals surface area (Å²) in [6.45, 7) is 0. The number of hydrogen-bond donors (Lipinski definition) is 0. The van der Waals surface area contributed by atoms with Gasteiger partial charge in [0, 0.05) is 26.5 Å². The van der Waals surface area contributed by atoms with Gasteiger partial charge in [0.1, 0.15) is 17.2 Å². The molecule has 0 unspecified atom stereocenters. The number of furan rings is 1. The van der Waals surface area contributed by atoms with Crippen molar-refractivity contribution in [2.24, 2.45) is 5.10 Å². The number of ether oxygens (including phenoxy) is 1. The quantitative estimate of drug-likeness (QED) is 0.454. The number of fused-ring (bicyclic) bond motifs is 3. The molecule has 0 fully saturated rings. The van der Waals surface area contributed by atoms with Crippen LogP contribution in [0.5, 0.6) is 5.75 Å². The van der Waals surface area contributed by atoms with Gasteiger partial charge in [-0.05, 0) is 42.5 Å². The molecule has 0 amide bonds. The van der Waals surface area contributed by atoms with Crippen LogP contribution >= 0.6 is 31.9 Å². The third kappa shape index (κ3) is 2.68. The molecular formula is C20H14Br2N2O2. The Balaban J connectivity index is 1.61. The summed E-state index contributed by atoms with van der Waals surface area (Å²) in [5.41, 5.74) is 3.15. The zero-order valence-corrected chi connectivity index (χ0v) is 16.8. The third-order valence-electron chi connectivity index (χ3n) is 4.71. The topological polar surface area (TPSA) is 38.0 Å². The van der Waals surface area contributed by atoms with E-state index in [4.69, 9.17) is 14.3 Å². The zero-order valence-electron chi connectivity index (χ0n) is 13.6. The van der Waals surface area contributed by atoms with Crippen LogP contribution in [0.15, 0.2) is 79.3 Å². The van der Waals surface area contributed by atoms with Crippen LogP contribution in [0.25, 0.3) is 0 Å². The van der Waals surface area contributed by atoms with Crippen LogP contribution in [-0.2, 0) is 0 Å². The molecule has 4 nitrogen and oxygen atoms in total. The van der Waals surface area contributed by atoms with Crippen LogP contribution in [0.4, 0.5) is 0 Å². The Morgan fingerprint density at radius 3 is 2.58 bits per heavy atom. The average molecular weight is 474 g/mol. The lowest BCUT2D eigenvalue weighted by Crippen LogP contribution is -2.33. The molecule has 0 saturated heterocycles. The minimum atomic E-state index is -0.269. The molecule has 2 aliphatic rings. The second-order valence-electron chi connectivity index (χ2n) is 6.33. The fraction of sp³-hybridized carbons (Fsp3) is 0.150. The van der Waals surface area contributed by atoms with Crippen molar-refractivity contribution in [2.45, 2.75) is 18.7 Å². The van der Waals surface area contributed by atoms with Gasteiger partial charge in [0.15, 0.2) is 0 Å². The summed E-state index contributed by atoms with van der Waals surface area (Å²) < 4.78 is 14.0. The van der Waals surface area contributed by atoms with Crippen LogP contribution in [0.2, 0.25) is 0 Å². The Hall–Kier alpha value is -2.05. The van der Waals surface area contributed by atoms with E-state index < -0.39 is 0 Å². The van der Waals surface area contributed by atoms with E-state index in [1.54, 1.807) is 6.26 Å². The van der Waals surface area contributed by atoms with E-state index in [0.29, 0.717) is 0 Å². The van der Waals surface area contributed by atoms with Crippen LogP contribution in [0, 0.1) is 0 Å². The van der Waals surface area contributed by atoms with Gasteiger partial charge in [0.25, 0.3) is 0 Å². The summed E-state index contributed by atoms with van der Waals surface area (Å²) in [5, 5.41) is 6.92. The lowest BCUT2D eigenvalue weighted by atomic mass is 9.97. The number of hydrazone groups is 1. The number of hydrogen-bond acceptors (Lipinski definition) is 4. The lowest BCUT2D eigenvalue weighted by molar-refractivity contribution is -0.0190. The Morgan fingerprint density at radius 2 is 1.81 bits per heavy atom. The predicted octanol–water partition coefficient (Wildman–Crippen LogP) is 6.05. The van der Waals surface area contributed by atoms with Crippen molar-refractivity contribution >= 4 is 37.6 Å². The first-order chi connectivity index (χ1) is 12.7. The maximum absolute atomic E-state index is 6.34. The van der Waals surface area contributed by atoms with Crippen LogP contribution in [0.3, 0.4) is 0 Å². The molecule has 2 atom stereocenters. The smallest absolute Gasteiger partial charge is 0.213 e. The molecule has 0 saturated carbocycles. The fourth-order valence-corrected chi connectivity index (χ4v) is 4.14. The minimum absolute atomic E-state index is 0.116. The molecule has 0 bridgehead atoms. The molecule has 1 aromatic heterocycles. The normalized spacial score (nSPS) is 21.0. The molecule has 3 heterocycles. The number of rotatable bonds is 2. The highest BCUT2D eigenvalue weighted by Crippen LogP contribution is 2.48. The third-order valence-corrected chi connectivity index (χ3v) is 5.73. The first-order valence-electron chi connectivity index (χ1n) is 8.30. The summed E-state index contributed by atoms with van der Waals surface area (Å²) >= 11 is 7.07. The second-order valence-corrected chi connectivity index (χ2v) is 8.16. The van der Waals surface area contributed by atoms with Gasteiger partial charge in [0.05, 0.1) is 12.3 Å². The van der Waals surface area contributed by atoms with E-state index in [-0.39, 0.29) is 12.3 Å². The highest BCUT2D eigenvalue weighted by molar-refractivity contribution is 9.10. The molecule has 6 heteroatoms. The molecule has 26 heavy (non-hydrogen) atoms. The maximum Gasteiger partial charge on any atom is 0.213 e. The highest BCUT2D eigenvalue weighted by Gasteiger charge is 2.41. The lowest BCUT2D eigenvalue weighted by Gasteiger charge is -2.38. The summed E-state index contributed by atoms with van der Waals surface area (Å²) in [4.78, 5) is 0. The van der Waals surface area contributed by atoms with Gasteiger partial charge in [-0.2, -0.15) is 5.10 Å². The molecule has 0 aliphatic carbocycles. The molecule has 5 rings (SSSR count). The van der Waals surface area contributed by atoms with Crippen LogP contribution in [-0.4, -0.2) is 10.7 Å². The van der Waals surface area contributed by atoms with Gasteiger partial charge >= 0.3 is 0 Å². The Kier molecular flexibility index (Phi) is 3.90. The molecule has 130 valence electrons. The second kappa shape index (κ2) is 6.28. The Morgan fingerprint density at radius 1 is 1.00 bits per heavy atom. The first-order valence-corrected chi connectivity index (χ1v) is 9.89. The van der Waals surface area contributed by atoms with Crippen LogP contribution in [0.1, 0.15) is 35.6 Å². The fourth-order valence-electron chi connectivity index (χ4n) is 3.50. The van der Waals surface area contributed by atoms with Gasteiger partial charge in [-0.1, -0.05) is 44.0 Å². The summed E-state index contributed by atoms with van der Waals surface area (Å²) in [6, 6.07) is 18.3. The monoisotopic (exact) mass is 472 g/mol. The van der Waals surface area contributed by atoms with Crippen molar-refractivity contribution in [3.05, 3.63) is 86.7 Å². The minimum Gasteiger partial charge on any atom is -0.464 e. The summed E-state index contributed by atoms with van der Waals surface area (Å²) in [5.74, 6) is 1.71. The van der Waals surface area contributed by atoms with E-state index in [1.165, 1.54) is 0 Å². The van der Waals surface area contributed by atoms with Crippen molar-refractivity contribution in [1.82, 2.24) is 5.01 Å². The van der Waals surface area contributed by atoms with Crippen molar-refractivity contribution in [3.63, 3.8) is 0 Å². The predicted molar refractivity (Wildman–Crippen MR) is 106 cm³/mol. The Labute approximate surface area is 167 Å². The van der Waals surface area contributed by atoms with Crippen molar-refractivity contribution < 1.29 is 9.15 Å². The maximum atomic E-state index is 6.34. The van der Waals surface area contributed by atoms with E-state index in [0.717, 1.165) is 43.7 Å². The zero-order chi connectivity index (χ0) is 17.7. The number of nitrogens with zero attached hydrogens (tertiary/aromatic N) is 2. The Bertz CT molecular complexity index is 984. The van der Waals surface area contributed by atoms with E-state index >= 15 is 0 Å². The van der Waals surface area contributed by atoms with Crippen molar-refractivity contribution in [3.8, 4) is 5.75 Å². The van der Waals surface area contributed by atoms with E-state index in [1.807, 2.05) is 36.4 Å². The van der Waals surface area contributed by atoms with Crippen molar-refractivity contribution in [2.75, 3.05) is 0 Å². The molecule has 2 aromatic carbocycles. The number of benzene rings is 2. The van der Waals surface area contributed by atoms with Crippen LogP contribution < -0.4 is 4.74 Å². The van der Waals surface area contributed by atoms with Gasteiger partial charge < -0.3 is 9.15 Å². The van der Waals surface area contributed by atoms with Gasteiger partial charge in [-0.15, -0.1) is 0 Å².